The molecule has 0 fully saturated rings. The molecule has 2 heterocycles. The van der Waals surface area contributed by atoms with E-state index >= 15 is 0 Å². The van der Waals surface area contributed by atoms with Crippen molar-refractivity contribution in [1.82, 2.24) is 14.8 Å². The summed E-state index contributed by atoms with van der Waals surface area (Å²) in [5, 5.41) is 8.51. The number of halogens is 1. The molecule has 25 heavy (non-hydrogen) atoms. The van der Waals surface area contributed by atoms with Crippen molar-refractivity contribution in [2.45, 2.75) is 37.0 Å². The van der Waals surface area contributed by atoms with Crippen molar-refractivity contribution in [2.24, 2.45) is 0 Å². The molecule has 0 radical (unpaired) electrons. The van der Waals surface area contributed by atoms with Gasteiger partial charge < -0.3 is 5.32 Å². The van der Waals surface area contributed by atoms with E-state index in [1.165, 1.54) is 11.8 Å². The second kappa shape index (κ2) is 7.45. The largest absolute Gasteiger partial charge is 0.324 e. The smallest absolute Gasteiger partial charge is 0.237 e. The summed E-state index contributed by atoms with van der Waals surface area (Å²) in [6.45, 7) is 5.96. The number of pyridine rings is 1. The number of rotatable bonds is 5. The van der Waals surface area contributed by atoms with Crippen LogP contribution in [0.2, 0.25) is 5.02 Å². The molecule has 0 saturated carbocycles. The average Bonchev–Trinajstić information content (AvgIpc) is 3.00. The molecular formula is C18H19ClN4OS. The third-order valence-corrected chi connectivity index (χ3v) is 5.32. The van der Waals surface area contributed by atoms with Crippen LogP contribution in [0, 0.1) is 0 Å². The molecule has 3 rings (SSSR count). The van der Waals surface area contributed by atoms with Gasteiger partial charge in [-0.15, -0.1) is 11.8 Å². The van der Waals surface area contributed by atoms with Crippen LogP contribution in [0.5, 0.6) is 0 Å². The Bertz CT molecular complexity index is 909. The minimum Gasteiger partial charge on any atom is -0.324 e. The van der Waals surface area contributed by atoms with Gasteiger partial charge in [0.2, 0.25) is 5.91 Å². The van der Waals surface area contributed by atoms with Crippen molar-refractivity contribution >= 4 is 46.0 Å². The topological polar surface area (TPSA) is 59.8 Å². The van der Waals surface area contributed by atoms with E-state index in [9.17, 15) is 4.79 Å². The van der Waals surface area contributed by atoms with E-state index in [-0.39, 0.29) is 17.2 Å². The highest BCUT2D eigenvalue weighted by Gasteiger charge is 2.17. The first-order valence-electron chi connectivity index (χ1n) is 8.01. The summed E-state index contributed by atoms with van der Waals surface area (Å²) < 4.78 is 1.86. The number of hydrogen-bond donors (Lipinski definition) is 1. The number of nitrogens with zero attached hydrogens (tertiary/aromatic N) is 3. The SMILES string of the molecule is CC(Sc1ccccc1Cl)C(=O)Nc1cnc2c(cnn2C(C)C)c1. The number of anilines is 1. The van der Waals surface area contributed by atoms with Crippen molar-refractivity contribution in [3.63, 3.8) is 0 Å². The maximum absolute atomic E-state index is 12.5. The molecule has 5 nitrogen and oxygen atoms in total. The van der Waals surface area contributed by atoms with E-state index in [2.05, 4.69) is 29.2 Å². The Kier molecular flexibility index (Phi) is 5.30. The normalized spacial score (nSPS) is 12.5. The number of thioether (sulfide) groups is 1. The summed E-state index contributed by atoms with van der Waals surface area (Å²) in [6, 6.07) is 9.62. The molecule has 0 aliphatic rings. The van der Waals surface area contributed by atoms with Crippen LogP contribution in [-0.2, 0) is 4.79 Å². The Morgan fingerprint density at radius 2 is 2.00 bits per heavy atom. The van der Waals surface area contributed by atoms with Crippen LogP contribution in [-0.4, -0.2) is 25.9 Å². The number of aromatic nitrogens is 3. The number of carbonyl (C=O) groups is 1. The van der Waals surface area contributed by atoms with E-state index in [4.69, 9.17) is 11.6 Å². The second-order valence-corrected chi connectivity index (χ2v) is 7.79. The van der Waals surface area contributed by atoms with Crippen molar-refractivity contribution in [3.05, 3.63) is 47.7 Å². The quantitative estimate of drug-likeness (QED) is 0.652. The molecule has 1 atom stereocenters. The zero-order chi connectivity index (χ0) is 18.0. The molecular weight excluding hydrogens is 356 g/mol. The minimum absolute atomic E-state index is 0.0951. The molecule has 0 saturated heterocycles. The summed E-state index contributed by atoms with van der Waals surface area (Å²) in [5.41, 5.74) is 1.47. The van der Waals surface area contributed by atoms with Crippen LogP contribution in [0.3, 0.4) is 0 Å². The first-order valence-corrected chi connectivity index (χ1v) is 9.27. The molecule has 7 heteroatoms. The summed E-state index contributed by atoms with van der Waals surface area (Å²) in [7, 11) is 0. The third-order valence-electron chi connectivity index (χ3n) is 3.70. The molecule has 2 aromatic heterocycles. The van der Waals surface area contributed by atoms with Crippen molar-refractivity contribution in [1.29, 1.82) is 0 Å². The van der Waals surface area contributed by atoms with Gasteiger partial charge in [0.1, 0.15) is 0 Å². The first kappa shape index (κ1) is 17.8. The van der Waals surface area contributed by atoms with Crippen LogP contribution in [0.1, 0.15) is 26.8 Å². The van der Waals surface area contributed by atoms with Gasteiger partial charge in [0, 0.05) is 16.3 Å². The number of benzene rings is 1. The monoisotopic (exact) mass is 374 g/mol. The Hall–Kier alpha value is -2.05. The predicted octanol–water partition coefficient (Wildman–Crippen LogP) is 4.78. The van der Waals surface area contributed by atoms with Gasteiger partial charge in [-0.3, -0.25) is 4.79 Å². The van der Waals surface area contributed by atoms with Gasteiger partial charge in [-0.2, -0.15) is 5.10 Å². The molecule has 1 amide bonds. The lowest BCUT2D eigenvalue weighted by molar-refractivity contribution is -0.115. The number of hydrogen-bond acceptors (Lipinski definition) is 4. The van der Waals surface area contributed by atoms with Crippen LogP contribution in [0.4, 0.5) is 5.69 Å². The van der Waals surface area contributed by atoms with Gasteiger partial charge in [0.25, 0.3) is 0 Å². The Balaban J connectivity index is 1.72. The zero-order valence-electron chi connectivity index (χ0n) is 14.2. The highest BCUT2D eigenvalue weighted by Crippen LogP contribution is 2.30. The van der Waals surface area contributed by atoms with Gasteiger partial charge in [-0.05, 0) is 39.0 Å². The standard InChI is InChI=1S/C18H19ClN4OS/c1-11(2)23-17-13(9-21-23)8-14(10-20-17)22-18(24)12(3)25-16-7-5-4-6-15(16)19/h4-12H,1-3H3,(H,22,24). The molecule has 1 N–H and O–H groups in total. The Labute approximate surface area is 155 Å². The van der Waals surface area contributed by atoms with Gasteiger partial charge in [-0.25, -0.2) is 9.67 Å². The second-order valence-electron chi connectivity index (χ2n) is 6.00. The lowest BCUT2D eigenvalue weighted by Crippen LogP contribution is -2.22. The van der Waals surface area contributed by atoms with Crippen molar-refractivity contribution < 1.29 is 4.79 Å². The van der Waals surface area contributed by atoms with E-state index in [1.54, 1.807) is 12.4 Å². The van der Waals surface area contributed by atoms with Gasteiger partial charge in [-0.1, -0.05) is 23.7 Å². The molecule has 1 unspecified atom stereocenters. The Morgan fingerprint density at radius 1 is 1.24 bits per heavy atom. The summed E-state index contributed by atoms with van der Waals surface area (Å²) >= 11 is 7.58. The summed E-state index contributed by atoms with van der Waals surface area (Å²) in [6.07, 6.45) is 3.42. The first-order chi connectivity index (χ1) is 12.0. The minimum atomic E-state index is -0.283. The van der Waals surface area contributed by atoms with E-state index < -0.39 is 0 Å². The lowest BCUT2D eigenvalue weighted by Gasteiger charge is -2.13. The van der Waals surface area contributed by atoms with E-state index in [0.29, 0.717) is 10.7 Å². The lowest BCUT2D eigenvalue weighted by atomic mass is 10.3. The fourth-order valence-corrected chi connectivity index (χ4v) is 3.57. The average molecular weight is 375 g/mol. The fourth-order valence-electron chi connectivity index (χ4n) is 2.41. The number of nitrogens with one attached hydrogen (secondary N) is 1. The molecule has 0 aliphatic carbocycles. The third kappa shape index (κ3) is 3.96. The van der Waals surface area contributed by atoms with Crippen LogP contribution < -0.4 is 5.32 Å². The number of carbonyl (C=O) groups excluding carboxylic acids is 1. The van der Waals surface area contributed by atoms with E-state index in [1.807, 2.05) is 41.9 Å². The zero-order valence-corrected chi connectivity index (χ0v) is 15.8. The number of amides is 1. The van der Waals surface area contributed by atoms with Crippen molar-refractivity contribution in [3.8, 4) is 0 Å². The predicted molar refractivity (Wildman–Crippen MR) is 103 cm³/mol. The summed E-state index contributed by atoms with van der Waals surface area (Å²) in [5.74, 6) is -0.0951. The molecule has 0 bridgehead atoms. The van der Waals surface area contributed by atoms with Crippen LogP contribution in [0.15, 0.2) is 47.6 Å². The molecule has 1 aromatic carbocycles. The van der Waals surface area contributed by atoms with Crippen molar-refractivity contribution in [2.75, 3.05) is 5.32 Å². The van der Waals surface area contributed by atoms with Gasteiger partial charge in [0.05, 0.1) is 28.4 Å². The molecule has 0 aliphatic heterocycles. The highest BCUT2D eigenvalue weighted by molar-refractivity contribution is 8.00. The van der Waals surface area contributed by atoms with Gasteiger partial charge >= 0.3 is 0 Å². The maximum Gasteiger partial charge on any atom is 0.237 e. The molecule has 3 aromatic rings. The summed E-state index contributed by atoms with van der Waals surface area (Å²) in [4.78, 5) is 17.8. The van der Waals surface area contributed by atoms with E-state index in [0.717, 1.165) is 15.9 Å². The molecule has 0 spiro atoms. The molecule has 130 valence electrons. The van der Waals surface area contributed by atoms with Gasteiger partial charge in [0.15, 0.2) is 5.65 Å². The fraction of sp³-hybridized carbons (Fsp3) is 0.278. The van der Waals surface area contributed by atoms with Crippen LogP contribution in [0.25, 0.3) is 11.0 Å². The Morgan fingerprint density at radius 3 is 2.72 bits per heavy atom. The maximum atomic E-state index is 12.5. The highest BCUT2D eigenvalue weighted by atomic mass is 35.5. The number of fused-ring (bicyclic) bond motifs is 1. The van der Waals surface area contributed by atoms with Crippen LogP contribution >= 0.6 is 23.4 Å².